The van der Waals surface area contributed by atoms with Crippen LogP contribution in [0.25, 0.3) is 0 Å². The van der Waals surface area contributed by atoms with E-state index in [1.165, 1.54) is 50.5 Å². The van der Waals surface area contributed by atoms with Crippen LogP contribution in [-0.4, -0.2) is 19.8 Å². The van der Waals surface area contributed by atoms with Gasteiger partial charge in [-0.25, -0.2) is 0 Å². The molecule has 21 heavy (non-hydrogen) atoms. The molecule has 1 aromatic rings. The van der Waals surface area contributed by atoms with E-state index in [1.54, 1.807) is 7.11 Å². The number of methoxy groups -OCH3 is 1. The lowest BCUT2D eigenvalue weighted by Gasteiger charge is -2.19. The Balaban J connectivity index is 1.97. The average molecular weight is 292 g/mol. The normalized spacial score (nSPS) is 17.0. The van der Waals surface area contributed by atoms with Gasteiger partial charge in [-0.1, -0.05) is 25.3 Å². The minimum atomic E-state index is 0.677. The lowest BCUT2D eigenvalue weighted by molar-refractivity contribution is -0.706. The highest BCUT2D eigenvalue weighted by atomic mass is 16.5. The lowest BCUT2D eigenvalue weighted by Crippen LogP contribution is -2.88. The van der Waals surface area contributed by atoms with Crippen molar-refractivity contribution < 1.29 is 14.8 Å². The third-order valence-electron chi connectivity index (χ3n) is 4.39. The van der Waals surface area contributed by atoms with Crippen molar-refractivity contribution in [2.45, 2.75) is 64.5 Å². The molecule has 1 saturated carbocycles. The van der Waals surface area contributed by atoms with Crippen molar-refractivity contribution in [2.24, 2.45) is 0 Å². The summed E-state index contributed by atoms with van der Waals surface area (Å²) in [4.78, 5) is 0. The second-order valence-electron chi connectivity index (χ2n) is 5.93. The molecule has 0 atom stereocenters. The van der Waals surface area contributed by atoms with Crippen LogP contribution in [0.5, 0.6) is 11.5 Å². The van der Waals surface area contributed by atoms with Crippen LogP contribution in [-0.2, 0) is 6.54 Å². The number of para-hydroxylation sites is 1. The number of quaternary nitrogens is 1. The van der Waals surface area contributed by atoms with E-state index in [2.05, 4.69) is 17.4 Å². The van der Waals surface area contributed by atoms with Gasteiger partial charge in [0, 0.05) is 0 Å². The maximum Gasteiger partial charge on any atom is 0.169 e. The zero-order chi connectivity index (χ0) is 14.9. The lowest BCUT2D eigenvalue weighted by atomic mass is 9.96. The van der Waals surface area contributed by atoms with Crippen molar-refractivity contribution in [1.29, 1.82) is 0 Å². The highest BCUT2D eigenvalue weighted by Gasteiger charge is 2.16. The molecular weight excluding hydrogens is 262 g/mol. The second kappa shape index (κ2) is 8.93. The molecule has 1 aliphatic rings. The second-order valence-corrected chi connectivity index (χ2v) is 5.93. The molecular formula is C18H30NO2+. The molecule has 0 aromatic heterocycles. The Morgan fingerprint density at radius 1 is 1.10 bits per heavy atom. The van der Waals surface area contributed by atoms with Crippen molar-refractivity contribution in [2.75, 3.05) is 13.7 Å². The van der Waals surface area contributed by atoms with Crippen LogP contribution in [0, 0.1) is 0 Å². The number of nitrogens with two attached hydrogens (primary N) is 1. The quantitative estimate of drug-likeness (QED) is 0.873. The molecule has 0 bridgehead atoms. The Morgan fingerprint density at radius 3 is 2.48 bits per heavy atom. The van der Waals surface area contributed by atoms with Crippen molar-refractivity contribution in [3.63, 3.8) is 0 Å². The predicted molar refractivity (Wildman–Crippen MR) is 85.9 cm³/mol. The van der Waals surface area contributed by atoms with Gasteiger partial charge in [0.25, 0.3) is 0 Å². The summed E-state index contributed by atoms with van der Waals surface area (Å²) >= 11 is 0. The highest BCUT2D eigenvalue weighted by Crippen LogP contribution is 2.30. The van der Waals surface area contributed by atoms with Crippen LogP contribution >= 0.6 is 0 Å². The van der Waals surface area contributed by atoms with Crippen molar-refractivity contribution in [3.05, 3.63) is 23.8 Å². The van der Waals surface area contributed by atoms with E-state index in [1.807, 2.05) is 13.0 Å². The van der Waals surface area contributed by atoms with E-state index >= 15 is 0 Å². The summed E-state index contributed by atoms with van der Waals surface area (Å²) in [5, 5.41) is 2.50. The number of hydrogen-bond donors (Lipinski definition) is 1. The Hall–Kier alpha value is -1.22. The summed E-state index contributed by atoms with van der Waals surface area (Å²) in [6, 6.07) is 6.96. The molecule has 0 unspecified atom stereocenters. The molecule has 1 fully saturated rings. The SMILES string of the molecule is CCOc1c(C[NH2+]C2CCCCCCC2)cccc1OC. The third kappa shape index (κ3) is 4.92. The van der Waals surface area contributed by atoms with E-state index in [4.69, 9.17) is 9.47 Å². The zero-order valence-electron chi connectivity index (χ0n) is 13.6. The molecule has 2 rings (SSSR count). The van der Waals surface area contributed by atoms with Gasteiger partial charge in [-0.2, -0.15) is 0 Å². The summed E-state index contributed by atoms with van der Waals surface area (Å²) in [6.45, 7) is 3.68. The fourth-order valence-electron chi connectivity index (χ4n) is 3.21. The van der Waals surface area contributed by atoms with Gasteiger partial charge in [-0.05, 0) is 44.7 Å². The largest absolute Gasteiger partial charge is 0.493 e. The number of rotatable bonds is 6. The minimum Gasteiger partial charge on any atom is -0.493 e. The molecule has 0 spiro atoms. The predicted octanol–water partition coefficient (Wildman–Crippen LogP) is 3.27. The van der Waals surface area contributed by atoms with Crippen LogP contribution in [0.1, 0.15) is 57.4 Å². The van der Waals surface area contributed by atoms with Gasteiger partial charge in [0.1, 0.15) is 6.54 Å². The van der Waals surface area contributed by atoms with Crippen molar-refractivity contribution >= 4 is 0 Å². The van der Waals surface area contributed by atoms with E-state index < -0.39 is 0 Å². The van der Waals surface area contributed by atoms with Crippen LogP contribution in [0.3, 0.4) is 0 Å². The summed E-state index contributed by atoms with van der Waals surface area (Å²) in [5.41, 5.74) is 1.25. The van der Waals surface area contributed by atoms with Crippen LogP contribution in [0.4, 0.5) is 0 Å². The first kappa shape index (κ1) is 16.2. The maximum atomic E-state index is 5.80. The first-order valence-corrected chi connectivity index (χ1v) is 8.47. The topological polar surface area (TPSA) is 35.1 Å². The summed E-state index contributed by atoms with van der Waals surface area (Å²) in [7, 11) is 1.71. The Bertz CT molecular complexity index is 412. The van der Waals surface area contributed by atoms with E-state index in [0.29, 0.717) is 6.61 Å². The molecule has 3 heteroatoms. The molecule has 0 radical (unpaired) electrons. The molecule has 0 heterocycles. The first-order chi connectivity index (χ1) is 10.3. The smallest absolute Gasteiger partial charge is 0.169 e. The maximum absolute atomic E-state index is 5.80. The van der Waals surface area contributed by atoms with Gasteiger partial charge < -0.3 is 14.8 Å². The van der Waals surface area contributed by atoms with E-state index in [-0.39, 0.29) is 0 Å². The average Bonchev–Trinajstić information content (AvgIpc) is 2.47. The molecule has 1 aromatic carbocycles. The minimum absolute atomic E-state index is 0.677. The summed E-state index contributed by atoms with van der Waals surface area (Å²) < 4.78 is 11.2. The number of hydrogen-bond acceptors (Lipinski definition) is 2. The standard InChI is InChI=1S/C18H29NO2/c1-3-21-18-15(10-9-13-17(18)20-2)14-19-16-11-7-5-4-6-8-12-16/h9-10,13,16,19H,3-8,11-12,14H2,1-2H3/p+1. The van der Waals surface area contributed by atoms with Gasteiger partial charge in [-0.3, -0.25) is 0 Å². The monoisotopic (exact) mass is 292 g/mol. The van der Waals surface area contributed by atoms with Crippen LogP contribution < -0.4 is 14.8 Å². The molecule has 3 nitrogen and oxygen atoms in total. The molecule has 2 N–H and O–H groups in total. The highest BCUT2D eigenvalue weighted by molar-refractivity contribution is 5.46. The summed E-state index contributed by atoms with van der Waals surface area (Å²) in [5.74, 6) is 1.77. The van der Waals surface area contributed by atoms with Gasteiger partial charge in [0.05, 0.1) is 25.3 Å². The van der Waals surface area contributed by atoms with Gasteiger partial charge in [0.2, 0.25) is 0 Å². The molecule has 0 amide bonds. The number of ether oxygens (including phenoxy) is 2. The molecule has 0 saturated heterocycles. The van der Waals surface area contributed by atoms with Gasteiger partial charge in [-0.15, -0.1) is 0 Å². The van der Waals surface area contributed by atoms with Crippen molar-refractivity contribution in [3.8, 4) is 11.5 Å². The molecule has 0 aliphatic heterocycles. The first-order valence-electron chi connectivity index (χ1n) is 8.47. The van der Waals surface area contributed by atoms with E-state index in [0.717, 1.165) is 24.1 Å². The Morgan fingerprint density at radius 2 is 1.81 bits per heavy atom. The molecule has 118 valence electrons. The molecule has 1 aliphatic carbocycles. The van der Waals surface area contributed by atoms with Crippen LogP contribution in [0.15, 0.2) is 18.2 Å². The third-order valence-corrected chi connectivity index (χ3v) is 4.39. The number of benzene rings is 1. The van der Waals surface area contributed by atoms with E-state index in [9.17, 15) is 0 Å². The van der Waals surface area contributed by atoms with Gasteiger partial charge >= 0.3 is 0 Å². The zero-order valence-corrected chi connectivity index (χ0v) is 13.6. The van der Waals surface area contributed by atoms with Crippen molar-refractivity contribution in [1.82, 2.24) is 0 Å². The van der Waals surface area contributed by atoms with Crippen LogP contribution in [0.2, 0.25) is 0 Å². The Labute approximate surface area is 129 Å². The summed E-state index contributed by atoms with van der Waals surface area (Å²) in [6.07, 6.45) is 9.73. The van der Waals surface area contributed by atoms with Gasteiger partial charge in [0.15, 0.2) is 11.5 Å². The Kier molecular flexibility index (Phi) is 6.87. The fraction of sp³-hybridized carbons (Fsp3) is 0.667. The fourth-order valence-corrected chi connectivity index (χ4v) is 3.21.